The molecule has 2 aromatic carbocycles. The van der Waals surface area contributed by atoms with Crippen molar-refractivity contribution in [1.29, 1.82) is 0 Å². The fourth-order valence-corrected chi connectivity index (χ4v) is 4.85. The van der Waals surface area contributed by atoms with Gasteiger partial charge in [0.2, 0.25) is 10.0 Å². The van der Waals surface area contributed by atoms with Crippen LogP contribution >= 0.6 is 15.9 Å². The van der Waals surface area contributed by atoms with E-state index < -0.39 is 16.1 Å². The largest absolute Gasteiger partial charge is 0.496 e. The lowest BCUT2D eigenvalue weighted by atomic mass is 10.1. The molecule has 0 bridgehead atoms. The van der Waals surface area contributed by atoms with Crippen molar-refractivity contribution in [2.45, 2.75) is 24.8 Å². The fraction of sp³-hybridized carbons (Fsp3) is 0.333. The first-order chi connectivity index (χ1) is 12.2. The first-order valence-corrected chi connectivity index (χ1v) is 10.1. The molecule has 8 heteroatoms. The molecule has 1 atom stereocenters. The predicted octanol–water partition coefficient (Wildman–Crippen LogP) is 3.82. The monoisotopic (exact) mass is 443 g/mol. The maximum atomic E-state index is 12.9. The maximum Gasteiger partial charge on any atom is 0.242 e. The van der Waals surface area contributed by atoms with E-state index >= 15 is 0 Å². The molecule has 0 heterocycles. The summed E-state index contributed by atoms with van der Waals surface area (Å²) >= 11 is 3.29. The lowest BCUT2D eigenvalue weighted by molar-refractivity contribution is 0.353. The molecule has 0 amide bonds. The predicted molar refractivity (Wildman–Crippen MR) is 104 cm³/mol. The van der Waals surface area contributed by atoms with Crippen LogP contribution in [-0.4, -0.2) is 29.7 Å². The minimum Gasteiger partial charge on any atom is -0.496 e. The average molecular weight is 444 g/mol. The number of methoxy groups -OCH3 is 3. The zero-order valence-corrected chi connectivity index (χ0v) is 17.7. The van der Waals surface area contributed by atoms with Crippen LogP contribution in [0.15, 0.2) is 39.7 Å². The highest BCUT2D eigenvalue weighted by Gasteiger charge is 2.25. The van der Waals surface area contributed by atoms with Gasteiger partial charge in [0.1, 0.15) is 10.6 Å². The van der Waals surface area contributed by atoms with E-state index in [1.165, 1.54) is 20.3 Å². The minimum absolute atomic E-state index is 0.0635. The molecule has 0 spiro atoms. The van der Waals surface area contributed by atoms with Gasteiger partial charge in [-0.3, -0.25) is 0 Å². The van der Waals surface area contributed by atoms with Crippen LogP contribution in [0.1, 0.15) is 24.1 Å². The molecule has 0 aliphatic heterocycles. The molecule has 0 fully saturated rings. The van der Waals surface area contributed by atoms with Gasteiger partial charge in [0.25, 0.3) is 0 Å². The second-order valence-corrected chi connectivity index (χ2v) is 8.26. The van der Waals surface area contributed by atoms with E-state index in [9.17, 15) is 8.42 Å². The number of aryl methyl sites for hydroxylation is 1. The number of benzene rings is 2. The Kier molecular flexibility index (Phi) is 6.54. The highest BCUT2D eigenvalue weighted by molar-refractivity contribution is 9.10. The summed E-state index contributed by atoms with van der Waals surface area (Å²) in [6.45, 7) is 3.71. The maximum absolute atomic E-state index is 12.9. The number of rotatable bonds is 7. The number of ether oxygens (including phenoxy) is 3. The van der Waals surface area contributed by atoms with E-state index in [0.29, 0.717) is 21.7 Å². The Hall–Kier alpha value is -1.77. The van der Waals surface area contributed by atoms with Gasteiger partial charge in [-0.1, -0.05) is 17.7 Å². The second kappa shape index (κ2) is 8.28. The molecular weight excluding hydrogens is 422 g/mol. The minimum atomic E-state index is -3.82. The number of sulfonamides is 1. The Balaban J connectivity index is 2.42. The van der Waals surface area contributed by atoms with E-state index in [1.54, 1.807) is 20.1 Å². The van der Waals surface area contributed by atoms with Gasteiger partial charge in [-0.15, -0.1) is 0 Å². The summed E-state index contributed by atoms with van der Waals surface area (Å²) < 4.78 is 44.6. The van der Waals surface area contributed by atoms with Crippen molar-refractivity contribution in [3.63, 3.8) is 0 Å². The smallest absolute Gasteiger partial charge is 0.242 e. The second-order valence-electron chi connectivity index (χ2n) is 5.73. The Morgan fingerprint density at radius 2 is 1.54 bits per heavy atom. The van der Waals surface area contributed by atoms with E-state index in [-0.39, 0.29) is 4.90 Å². The number of hydrogen-bond acceptors (Lipinski definition) is 5. The Morgan fingerprint density at radius 1 is 0.962 bits per heavy atom. The van der Waals surface area contributed by atoms with Gasteiger partial charge in [-0.2, -0.15) is 0 Å². The summed E-state index contributed by atoms with van der Waals surface area (Å²) in [5.41, 5.74) is 1.77. The molecular formula is C18H22BrNO5S. The molecule has 2 rings (SSSR count). The molecule has 0 aliphatic carbocycles. The van der Waals surface area contributed by atoms with Crippen molar-refractivity contribution in [3.8, 4) is 17.2 Å². The standard InChI is InChI=1S/C18H22BrNO5S/c1-11-6-7-15(23-3)13(8-11)12(2)20-26(21,22)18-10-17(25-5)16(24-4)9-14(18)19/h6-10,12,20H,1-5H3. The van der Waals surface area contributed by atoms with Crippen LogP contribution in [0.25, 0.3) is 0 Å². The Bertz CT molecular complexity index is 899. The number of nitrogens with one attached hydrogen (secondary N) is 1. The van der Waals surface area contributed by atoms with E-state index in [1.807, 2.05) is 25.1 Å². The highest BCUT2D eigenvalue weighted by Crippen LogP contribution is 2.36. The third kappa shape index (κ3) is 4.31. The van der Waals surface area contributed by atoms with Crippen LogP contribution in [0, 0.1) is 6.92 Å². The molecule has 0 saturated carbocycles. The normalized spacial score (nSPS) is 12.5. The van der Waals surface area contributed by atoms with E-state index in [2.05, 4.69) is 20.7 Å². The fourth-order valence-electron chi connectivity index (χ4n) is 2.59. The van der Waals surface area contributed by atoms with Crippen LogP contribution in [-0.2, 0) is 10.0 Å². The van der Waals surface area contributed by atoms with Crippen molar-refractivity contribution in [2.75, 3.05) is 21.3 Å². The Labute approximate surface area is 162 Å². The summed E-state index contributed by atoms with van der Waals surface area (Å²) in [7, 11) is 0.677. The average Bonchev–Trinajstić information content (AvgIpc) is 2.60. The molecule has 142 valence electrons. The van der Waals surface area contributed by atoms with Gasteiger partial charge in [-0.05, 0) is 41.9 Å². The summed E-state index contributed by atoms with van der Waals surface area (Å²) in [6, 6.07) is 8.12. The lowest BCUT2D eigenvalue weighted by Crippen LogP contribution is -2.27. The first-order valence-electron chi connectivity index (χ1n) is 7.82. The summed E-state index contributed by atoms with van der Waals surface area (Å²) in [5.74, 6) is 1.39. The van der Waals surface area contributed by atoms with Gasteiger partial charge in [0.05, 0.1) is 21.3 Å². The SMILES string of the molecule is COc1cc(Br)c(S(=O)(=O)NC(C)c2cc(C)ccc2OC)cc1OC. The topological polar surface area (TPSA) is 73.9 Å². The van der Waals surface area contributed by atoms with Crippen LogP contribution in [0.2, 0.25) is 0 Å². The van der Waals surface area contributed by atoms with E-state index in [0.717, 1.165) is 11.1 Å². The molecule has 1 N–H and O–H groups in total. The highest BCUT2D eigenvalue weighted by atomic mass is 79.9. The van der Waals surface area contributed by atoms with Gasteiger partial charge < -0.3 is 14.2 Å². The Morgan fingerprint density at radius 3 is 2.12 bits per heavy atom. The third-order valence-corrected chi connectivity index (χ3v) is 6.41. The van der Waals surface area contributed by atoms with Crippen LogP contribution in [0.5, 0.6) is 17.2 Å². The summed E-state index contributed by atoms with van der Waals surface area (Å²) in [4.78, 5) is 0.0635. The molecule has 0 aliphatic rings. The number of halogens is 1. The third-order valence-electron chi connectivity index (χ3n) is 3.91. The zero-order valence-electron chi connectivity index (χ0n) is 15.3. The molecule has 0 aromatic heterocycles. The summed E-state index contributed by atoms with van der Waals surface area (Å²) in [5, 5.41) is 0. The first kappa shape index (κ1) is 20.5. The molecule has 2 aromatic rings. The molecule has 26 heavy (non-hydrogen) atoms. The molecule has 1 unspecified atom stereocenters. The van der Waals surface area contributed by atoms with Crippen LogP contribution in [0.3, 0.4) is 0 Å². The van der Waals surface area contributed by atoms with Crippen molar-refractivity contribution in [3.05, 3.63) is 45.9 Å². The van der Waals surface area contributed by atoms with Gasteiger partial charge in [-0.25, -0.2) is 13.1 Å². The van der Waals surface area contributed by atoms with E-state index in [4.69, 9.17) is 14.2 Å². The van der Waals surface area contributed by atoms with Crippen molar-refractivity contribution in [2.24, 2.45) is 0 Å². The molecule has 0 radical (unpaired) electrons. The van der Waals surface area contributed by atoms with Gasteiger partial charge in [0.15, 0.2) is 11.5 Å². The molecule has 6 nitrogen and oxygen atoms in total. The van der Waals surface area contributed by atoms with Crippen LogP contribution < -0.4 is 18.9 Å². The van der Waals surface area contributed by atoms with Crippen molar-refractivity contribution < 1.29 is 22.6 Å². The van der Waals surface area contributed by atoms with Crippen molar-refractivity contribution in [1.82, 2.24) is 4.72 Å². The number of hydrogen-bond donors (Lipinski definition) is 1. The molecule has 0 saturated heterocycles. The quantitative estimate of drug-likeness (QED) is 0.703. The zero-order chi connectivity index (χ0) is 19.5. The summed E-state index contributed by atoms with van der Waals surface area (Å²) in [6.07, 6.45) is 0. The van der Waals surface area contributed by atoms with Gasteiger partial charge >= 0.3 is 0 Å². The van der Waals surface area contributed by atoms with Crippen molar-refractivity contribution >= 4 is 26.0 Å². The van der Waals surface area contributed by atoms with Crippen LogP contribution in [0.4, 0.5) is 0 Å². The lowest BCUT2D eigenvalue weighted by Gasteiger charge is -2.19. The van der Waals surface area contributed by atoms with Gasteiger partial charge in [0, 0.05) is 22.1 Å².